The van der Waals surface area contributed by atoms with Crippen LogP contribution in [0.1, 0.15) is 56.1 Å². The highest BCUT2D eigenvalue weighted by molar-refractivity contribution is 7.17. The van der Waals surface area contributed by atoms with E-state index in [0.29, 0.717) is 30.1 Å². The van der Waals surface area contributed by atoms with Gasteiger partial charge in [0.05, 0.1) is 12.2 Å². The van der Waals surface area contributed by atoms with Crippen LogP contribution >= 0.6 is 22.7 Å². The quantitative estimate of drug-likeness (QED) is 0.222. The van der Waals surface area contributed by atoms with Gasteiger partial charge >= 0.3 is 12.0 Å². The number of esters is 1. The van der Waals surface area contributed by atoms with Gasteiger partial charge in [-0.3, -0.25) is 5.32 Å². The van der Waals surface area contributed by atoms with Crippen LogP contribution < -0.4 is 16.0 Å². The summed E-state index contributed by atoms with van der Waals surface area (Å²) >= 11 is 3.27. The van der Waals surface area contributed by atoms with Crippen LogP contribution in [0.2, 0.25) is 0 Å². The Labute approximate surface area is 213 Å². The zero-order valence-electron chi connectivity index (χ0n) is 19.7. The standard InChI is InChI=1S/C26H30N4O3S2/c1-2-3-14-33-25(31)22-18-8-4-5-9-20(18)34-23(22)29-26(32)28-15-19-17-10-11-27-16-21(17)35-24(19)30-12-6-7-13-30/h2,6-7,12-13,27H,1,3-5,8-11,14-16H2,(H2,28,29,32). The molecule has 3 aromatic heterocycles. The number of carbonyl (C=O) groups is 2. The monoisotopic (exact) mass is 510 g/mol. The van der Waals surface area contributed by atoms with E-state index in [4.69, 9.17) is 4.74 Å². The number of fused-ring (bicyclic) bond motifs is 2. The van der Waals surface area contributed by atoms with Gasteiger partial charge in [-0.2, -0.15) is 0 Å². The zero-order chi connectivity index (χ0) is 24.2. The number of thiophene rings is 2. The van der Waals surface area contributed by atoms with E-state index < -0.39 is 0 Å². The molecular formula is C26H30N4O3S2. The maximum absolute atomic E-state index is 13.0. The van der Waals surface area contributed by atoms with Crippen LogP contribution in [0.15, 0.2) is 37.2 Å². The van der Waals surface area contributed by atoms with E-state index in [9.17, 15) is 9.59 Å². The summed E-state index contributed by atoms with van der Waals surface area (Å²) in [5, 5.41) is 11.2. The zero-order valence-corrected chi connectivity index (χ0v) is 21.3. The molecule has 0 bridgehead atoms. The fourth-order valence-electron chi connectivity index (χ4n) is 4.74. The Morgan fingerprint density at radius 2 is 1.94 bits per heavy atom. The maximum atomic E-state index is 13.0. The van der Waals surface area contributed by atoms with Crippen LogP contribution in [0.3, 0.4) is 0 Å². The minimum atomic E-state index is -0.365. The van der Waals surface area contributed by atoms with Gasteiger partial charge in [0.25, 0.3) is 0 Å². The molecular weight excluding hydrogens is 480 g/mol. The first-order chi connectivity index (χ1) is 17.2. The molecule has 2 amide bonds. The Morgan fingerprint density at radius 3 is 2.77 bits per heavy atom. The van der Waals surface area contributed by atoms with Crippen LogP contribution in [0.25, 0.3) is 5.00 Å². The molecule has 0 aromatic carbocycles. The molecule has 1 aliphatic carbocycles. The second-order valence-corrected chi connectivity index (χ2v) is 10.9. The summed E-state index contributed by atoms with van der Waals surface area (Å²) in [6.45, 7) is 6.19. The van der Waals surface area contributed by atoms with Crippen LogP contribution in [0.4, 0.5) is 9.80 Å². The number of rotatable bonds is 8. The molecule has 7 nitrogen and oxygen atoms in total. The molecule has 3 aromatic rings. The number of hydrogen-bond acceptors (Lipinski definition) is 6. The summed E-state index contributed by atoms with van der Waals surface area (Å²) in [4.78, 5) is 28.4. The Balaban J connectivity index is 1.34. The van der Waals surface area contributed by atoms with Crippen LogP contribution in [0, 0.1) is 0 Å². The Morgan fingerprint density at radius 1 is 1.11 bits per heavy atom. The average Bonchev–Trinajstić information content (AvgIpc) is 3.59. The van der Waals surface area contributed by atoms with Crippen molar-refractivity contribution in [1.29, 1.82) is 0 Å². The van der Waals surface area contributed by atoms with Crippen molar-refractivity contribution >= 4 is 39.7 Å². The Kier molecular flexibility index (Phi) is 7.36. The summed E-state index contributed by atoms with van der Waals surface area (Å²) in [5.74, 6) is -0.365. The smallest absolute Gasteiger partial charge is 0.341 e. The van der Waals surface area contributed by atoms with Crippen molar-refractivity contribution in [2.75, 3.05) is 18.5 Å². The van der Waals surface area contributed by atoms with Crippen LogP contribution in [-0.4, -0.2) is 29.7 Å². The van der Waals surface area contributed by atoms with Gasteiger partial charge in [-0.15, -0.1) is 29.3 Å². The van der Waals surface area contributed by atoms with Crippen LogP contribution in [0.5, 0.6) is 0 Å². The molecule has 0 radical (unpaired) electrons. The Hall–Kier alpha value is -2.88. The fourth-order valence-corrected chi connectivity index (χ4v) is 7.31. The number of ether oxygens (including phenoxy) is 1. The van der Waals surface area contributed by atoms with E-state index in [0.717, 1.165) is 61.3 Å². The van der Waals surface area contributed by atoms with Gasteiger partial charge in [0.15, 0.2) is 0 Å². The topological polar surface area (TPSA) is 84.4 Å². The number of hydrogen-bond donors (Lipinski definition) is 3. The van der Waals surface area contributed by atoms with E-state index in [1.165, 1.54) is 26.7 Å². The molecule has 3 N–H and O–H groups in total. The molecule has 184 valence electrons. The molecule has 0 unspecified atom stereocenters. The van der Waals surface area contributed by atoms with Gasteiger partial charge in [-0.25, -0.2) is 9.59 Å². The number of urea groups is 1. The molecule has 0 saturated heterocycles. The largest absolute Gasteiger partial charge is 0.462 e. The third-order valence-corrected chi connectivity index (χ3v) is 8.93. The molecule has 0 spiro atoms. The number of nitrogens with one attached hydrogen (secondary N) is 3. The minimum absolute atomic E-state index is 0.291. The molecule has 1 aliphatic heterocycles. The van der Waals surface area contributed by atoms with Gasteiger partial charge in [-0.1, -0.05) is 6.08 Å². The number of aryl methyl sites for hydroxylation is 1. The van der Waals surface area contributed by atoms with Crippen molar-refractivity contribution in [1.82, 2.24) is 15.2 Å². The van der Waals surface area contributed by atoms with Gasteiger partial charge in [0, 0.05) is 40.8 Å². The molecule has 2 aliphatic rings. The second-order valence-electron chi connectivity index (χ2n) is 8.74. The number of amides is 2. The van der Waals surface area contributed by atoms with Gasteiger partial charge < -0.3 is 19.9 Å². The van der Waals surface area contributed by atoms with Crippen molar-refractivity contribution < 1.29 is 14.3 Å². The predicted molar refractivity (Wildman–Crippen MR) is 141 cm³/mol. The molecule has 35 heavy (non-hydrogen) atoms. The van der Waals surface area contributed by atoms with E-state index in [-0.39, 0.29) is 12.0 Å². The predicted octanol–water partition coefficient (Wildman–Crippen LogP) is 5.18. The molecule has 4 heterocycles. The third kappa shape index (κ3) is 5.07. The number of anilines is 1. The molecule has 9 heteroatoms. The lowest BCUT2D eigenvalue weighted by Crippen LogP contribution is -2.30. The van der Waals surface area contributed by atoms with Crippen molar-refractivity contribution in [3.63, 3.8) is 0 Å². The van der Waals surface area contributed by atoms with Gasteiger partial charge in [0.1, 0.15) is 10.0 Å². The molecule has 0 fully saturated rings. The van der Waals surface area contributed by atoms with E-state index >= 15 is 0 Å². The average molecular weight is 511 g/mol. The van der Waals surface area contributed by atoms with Crippen molar-refractivity contribution in [3.05, 3.63) is 69.2 Å². The SMILES string of the molecule is C=CCCOC(=O)c1c(NC(=O)NCc2c(-n3cccc3)sc3c2CCNC3)sc2c1CCCC2. The number of nitrogens with zero attached hydrogens (tertiary/aromatic N) is 1. The van der Waals surface area contributed by atoms with Crippen molar-refractivity contribution in [3.8, 4) is 5.00 Å². The molecule has 0 saturated carbocycles. The highest BCUT2D eigenvalue weighted by atomic mass is 32.1. The van der Waals surface area contributed by atoms with Crippen molar-refractivity contribution in [2.45, 2.75) is 51.6 Å². The van der Waals surface area contributed by atoms with Gasteiger partial charge in [0.2, 0.25) is 0 Å². The number of carbonyl (C=O) groups excluding carboxylic acids is 2. The summed E-state index contributed by atoms with van der Waals surface area (Å²) in [6.07, 6.45) is 11.3. The first-order valence-corrected chi connectivity index (χ1v) is 13.7. The van der Waals surface area contributed by atoms with E-state index in [1.807, 2.05) is 24.5 Å². The highest BCUT2D eigenvalue weighted by Gasteiger charge is 2.28. The lowest BCUT2D eigenvalue weighted by Gasteiger charge is -2.15. The molecule has 0 atom stereocenters. The van der Waals surface area contributed by atoms with Crippen molar-refractivity contribution in [2.24, 2.45) is 0 Å². The second kappa shape index (κ2) is 10.8. The fraction of sp³-hybridized carbons (Fsp3) is 0.385. The lowest BCUT2D eigenvalue weighted by atomic mass is 9.95. The molecule has 5 rings (SSSR count). The normalized spacial score (nSPS) is 14.6. The minimum Gasteiger partial charge on any atom is -0.462 e. The first kappa shape index (κ1) is 23.8. The van der Waals surface area contributed by atoms with E-state index in [2.05, 4.69) is 27.1 Å². The summed E-state index contributed by atoms with van der Waals surface area (Å²) < 4.78 is 7.58. The Bertz CT molecular complexity index is 1230. The van der Waals surface area contributed by atoms with Crippen LogP contribution in [-0.2, 0) is 37.1 Å². The van der Waals surface area contributed by atoms with E-state index in [1.54, 1.807) is 17.4 Å². The number of aromatic nitrogens is 1. The summed E-state index contributed by atoms with van der Waals surface area (Å²) in [5.41, 5.74) is 4.05. The first-order valence-electron chi connectivity index (χ1n) is 12.1. The van der Waals surface area contributed by atoms with Gasteiger partial charge in [-0.05, 0) is 68.3 Å². The summed E-state index contributed by atoms with van der Waals surface area (Å²) in [7, 11) is 0. The maximum Gasteiger partial charge on any atom is 0.341 e. The lowest BCUT2D eigenvalue weighted by molar-refractivity contribution is 0.0512. The highest BCUT2D eigenvalue weighted by Crippen LogP contribution is 2.39. The third-order valence-electron chi connectivity index (χ3n) is 6.44. The summed E-state index contributed by atoms with van der Waals surface area (Å²) in [6, 6.07) is 3.71.